The topological polar surface area (TPSA) is 76.2 Å². The molecule has 0 radical (unpaired) electrons. The van der Waals surface area contributed by atoms with E-state index in [-0.39, 0.29) is 23.7 Å². The summed E-state index contributed by atoms with van der Waals surface area (Å²) in [6.45, 7) is 1.66. The zero-order chi connectivity index (χ0) is 13.8. The first-order chi connectivity index (χ1) is 9.08. The maximum Gasteiger partial charge on any atom is 0.303 e. The van der Waals surface area contributed by atoms with Crippen LogP contribution in [0.2, 0.25) is 0 Å². The summed E-state index contributed by atoms with van der Waals surface area (Å²) in [6, 6.07) is 4.93. The molecule has 6 heteroatoms. The van der Waals surface area contributed by atoms with Gasteiger partial charge in [-0.15, -0.1) is 10.2 Å². The van der Waals surface area contributed by atoms with Crippen molar-refractivity contribution < 1.29 is 18.7 Å². The molecule has 1 aromatic carbocycles. The number of aryl methyl sites for hydroxylation is 2. The zero-order valence-electron chi connectivity index (χ0n) is 10.4. The van der Waals surface area contributed by atoms with Crippen molar-refractivity contribution in [1.82, 2.24) is 10.2 Å². The van der Waals surface area contributed by atoms with Crippen molar-refractivity contribution >= 4 is 5.97 Å². The lowest BCUT2D eigenvalue weighted by Crippen LogP contribution is -1.95. The first kappa shape index (κ1) is 13.2. The number of rotatable bonds is 5. The average Bonchev–Trinajstić information content (AvgIpc) is 2.81. The van der Waals surface area contributed by atoms with E-state index in [0.717, 1.165) is 0 Å². The molecule has 2 aromatic rings. The van der Waals surface area contributed by atoms with Crippen LogP contribution >= 0.6 is 0 Å². The zero-order valence-corrected chi connectivity index (χ0v) is 10.4. The summed E-state index contributed by atoms with van der Waals surface area (Å²) >= 11 is 0. The number of carboxylic acids is 1. The highest BCUT2D eigenvalue weighted by Gasteiger charge is 2.14. The summed E-state index contributed by atoms with van der Waals surface area (Å²) < 4.78 is 19.2. The van der Waals surface area contributed by atoms with Gasteiger partial charge in [0.25, 0.3) is 5.89 Å². The Morgan fingerprint density at radius 2 is 2.21 bits per heavy atom. The van der Waals surface area contributed by atoms with E-state index < -0.39 is 5.97 Å². The van der Waals surface area contributed by atoms with Gasteiger partial charge >= 0.3 is 5.97 Å². The van der Waals surface area contributed by atoms with Crippen LogP contribution in [-0.2, 0) is 11.2 Å². The molecule has 1 heterocycles. The molecule has 0 spiro atoms. The van der Waals surface area contributed by atoms with Crippen molar-refractivity contribution in [3.63, 3.8) is 0 Å². The van der Waals surface area contributed by atoms with Crippen LogP contribution in [0.1, 0.15) is 24.3 Å². The summed E-state index contributed by atoms with van der Waals surface area (Å²) in [6.07, 6.45) is 0.816. The standard InChI is InChI=1S/C13H13FN2O3/c1-8-4-2-5-9(12(8)14)13-16-15-10(19-13)6-3-7-11(17)18/h2,4-5H,3,6-7H2,1H3,(H,17,18). The number of halogens is 1. The van der Waals surface area contributed by atoms with E-state index in [1.165, 1.54) is 0 Å². The van der Waals surface area contributed by atoms with Crippen LogP contribution in [0.15, 0.2) is 22.6 Å². The van der Waals surface area contributed by atoms with Crippen molar-refractivity contribution in [2.75, 3.05) is 0 Å². The van der Waals surface area contributed by atoms with E-state index >= 15 is 0 Å². The Morgan fingerprint density at radius 3 is 2.95 bits per heavy atom. The highest BCUT2D eigenvalue weighted by molar-refractivity contribution is 5.66. The molecule has 2 rings (SSSR count). The van der Waals surface area contributed by atoms with Crippen LogP contribution < -0.4 is 0 Å². The fourth-order valence-corrected chi connectivity index (χ4v) is 1.67. The van der Waals surface area contributed by atoms with Gasteiger partial charge in [0.05, 0.1) is 5.56 Å². The molecule has 19 heavy (non-hydrogen) atoms. The SMILES string of the molecule is Cc1cccc(-c2nnc(CCCC(=O)O)o2)c1F. The van der Waals surface area contributed by atoms with E-state index in [2.05, 4.69) is 10.2 Å². The fraction of sp³-hybridized carbons (Fsp3) is 0.308. The normalized spacial score (nSPS) is 10.6. The first-order valence-electron chi connectivity index (χ1n) is 5.87. The molecule has 0 saturated heterocycles. The van der Waals surface area contributed by atoms with Crippen LogP contribution in [0.5, 0.6) is 0 Å². The highest BCUT2D eigenvalue weighted by Crippen LogP contribution is 2.23. The number of nitrogens with zero attached hydrogens (tertiary/aromatic N) is 2. The molecule has 100 valence electrons. The van der Waals surface area contributed by atoms with Gasteiger partial charge in [-0.25, -0.2) is 4.39 Å². The maximum atomic E-state index is 13.8. The number of aliphatic carboxylic acids is 1. The van der Waals surface area contributed by atoms with Gasteiger partial charge in [0.2, 0.25) is 5.89 Å². The minimum atomic E-state index is -0.871. The van der Waals surface area contributed by atoms with Gasteiger partial charge in [0.1, 0.15) is 5.82 Å². The number of benzene rings is 1. The van der Waals surface area contributed by atoms with E-state index in [0.29, 0.717) is 24.3 Å². The lowest BCUT2D eigenvalue weighted by Gasteiger charge is -2.00. The smallest absolute Gasteiger partial charge is 0.303 e. The predicted octanol–water partition coefficient (Wildman–Crippen LogP) is 2.59. The molecule has 0 atom stereocenters. The molecular formula is C13H13FN2O3. The van der Waals surface area contributed by atoms with Crippen LogP contribution in [0.3, 0.4) is 0 Å². The van der Waals surface area contributed by atoms with Gasteiger partial charge in [-0.1, -0.05) is 12.1 Å². The average molecular weight is 264 g/mol. The molecule has 1 aromatic heterocycles. The summed E-state index contributed by atoms with van der Waals surface area (Å²) in [5.41, 5.74) is 0.764. The second kappa shape index (κ2) is 5.60. The third-order valence-electron chi connectivity index (χ3n) is 2.67. The molecule has 0 unspecified atom stereocenters. The monoisotopic (exact) mass is 264 g/mol. The van der Waals surface area contributed by atoms with Crippen LogP contribution in [0.4, 0.5) is 4.39 Å². The third kappa shape index (κ3) is 3.15. The summed E-state index contributed by atoms with van der Waals surface area (Å²) in [7, 11) is 0. The largest absolute Gasteiger partial charge is 0.481 e. The molecular weight excluding hydrogens is 251 g/mol. The number of hydrogen-bond acceptors (Lipinski definition) is 4. The van der Waals surface area contributed by atoms with E-state index in [1.807, 2.05) is 0 Å². The Balaban J connectivity index is 2.12. The number of hydrogen-bond donors (Lipinski definition) is 1. The Morgan fingerprint density at radius 1 is 1.42 bits per heavy atom. The Hall–Kier alpha value is -2.24. The third-order valence-corrected chi connectivity index (χ3v) is 2.67. The summed E-state index contributed by atoms with van der Waals surface area (Å²) in [4.78, 5) is 10.4. The molecule has 0 saturated carbocycles. The van der Waals surface area contributed by atoms with Crippen molar-refractivity contribution in [3.8, 4) is 11.5 Å². The van der Waals surface area contributed by atoms with Crippen molar-refractivity contribution in [3.05, 3.63) is 35.5 Å². The molecule has 1 N–H and O–H groups in total. The molecule has 0 aliphatic heterocycles. The molecule has 0 amide bonds. The van der Waals surface area contributed by atoms with Gasteiger partial charge in [-0.2, -0.15) is 0 Å². The Labute approximate surface area is 109 Å². The second-order valence-corrected chi connectivity index (χ2v) is 4.18. The number of carboxylic acid groups (broad SMARTS) is 1. The predicted molar refractivity (Wildman–Crippen MR) is 65.0 cm³/mol. The quantitative estimate of drug-likeness (QED) is 0.898. The Bertz CT molecular complexity index is 595. The van der Waals surface area contributed by atoms with Gasteiger partial charge < -0.3 is 9.52 Å². The molecule has 0 aliphatic carbocycles. The Kier molecular flexibility index (Phi) is 3.89. The maximum absolute atomic E-state index is 13.8. The van der Waals surface area contributed by atoms with Gasteiger partial charge in [0.15, 0.2) is 0 Å². The minimum Gasteiger partial charge on any atom is -0.481 e. The van der Waals surface area contributed by atoms with E-state index in [4.69, 9.17) is 9.52 Å². The van der Waals surface area contributed by atoms with Crippen LogP contribution in [0, 0.1) is 12.7 Å². The van der Waals surface area contributed by atoms with Gasteiger partial charge in [-0.05, 0) is 25.0 Å². The van der Waals surface area contributed by atoms with Crippen LogP contribution in [-0.4, -0.2) is 21.3 Å². The van der Waals surface area contributed by atoms with Crippen LogP contribution in [0.25, 0.3) is 11.5 Å². The van der Waals surface area contributed by atoms with Crippen molar-refractivity contribution in [2.24, 2.45) is 0 Å². The van der Waals surface area contributed by atoms with Gasteiger partial charge in [-0.3, -0.25) is 4.79 Å². The van der Waals surface area contributed by atoms with E-state index in [9.17, 15) is 9.18 Å². The summed E-state index contributed by atoms with van der Waals surface area (Å²) in [5, 5.41) is 16.1. The first-order valence-corrected chi connectivity index (χ1v) is 5.87. The number of carbonyl (C=O) groups is 1. The molecule has 0 fully saturated rings. The number of aromatic nitrogens is 2. The summed E-state index contributed by atoms with van der Waals surface area (Å²) in [5.74, 6) is -0.823. The van der Waals surface area contributed by atoms with Crippen molar-refractivity contribution in [2.45, 2.75) is 26.2 Å². The minimum absolute atomic E-state index is 0.0382. The molecule has 5 nitrogen and oxygen atoms in total. The lowest BCUT2D eigenvalue weighted by molar-refractivity contribution is -0.137. The molecule has 0 bridgehead atoms. The van der Waals surface area contributed by atoms with E-state index in [1.54, 1.807) is 25.1 Å². The highest BCUT2D eigenvalue weighted by atomic mass is 19.1. The fourth-order valence-electron chi connectivity index (χ4n) is 1.67. The van der Waals surface area contributed by atoms with Crippen molar-refractivity contribution in [1.29, 1.82) is 0 Å². The lowest BCUT2D eigenvalue weighted by atomic mass is 10.1. The second-order valence-electron chi connectivity index (χ2n) is 4.18. The van der Waals surface area contributed by atoms with Gasteiger partial charge in [0, 0.05) is 12.8 Å². The molecule has 0 aliphatic rings.